The van der Waals surface area contributed by atoms with Crippen LogP contribution in [-0.2, 0) is 22.7 Å². The van der Waals surface area contributed by atoms with E-state index in [0.29, 0.717) is 0 Å². The van der Waals surface area contributed by atoms with Crippen molar-refractivity contribution in [1.29, 1.82) is 0 Å². The highest BCUT2D eigenvalue weighted by atomic mass is 16.3. The van der Waals surface area contributed by atoms with Gasteiger partial charge in [0, 0.05) is 44.9 Å². The summed E-state index contributed by atoms with van der Waals surface area (Å²) in [4.78, 5) is 4.77. The Morgan fingerprint density at radius 3 is 1.52 bits per heavy atom. The number of furan rings is 1. The lowest BCUT2D eigenvalue weighted by Gasteiger charge is -2.35. The van der Waals surface area contributed by atoms with Gasteiger partial charge in [-0.05, 0) is 147 Å². The van der Waals surface area contributed by atoms with Crippen LogP contribution in [0.1, 0.15) is 84.1 Å². The van der Waals surface area contributed by atoms with Crippen molar-refractivity contribution in [3.63, 3.8) is 0 Å². The molecule has 3 nitrogen and oxygen atoms in total. The van der Waals surface area contributed by atoms with Crippen molar-refractivity contribution >= 4 is 66.8 Å². The summed E-state index contributed by atoms with van der Waals surface area (Å²) in [5.74, 6) is 0. The minimum absolute atomic E-state index is 0.0388. The maximum atomic E-state index is 6.84. The van der Waals surface area contributed by atoms with Gasteiger partial charge in [0.2, 0.25) is 0 Å². The highest BCUT2D eigenvalue weighted by Crippen LogP contribution is 2.50. The second-order valence-electron chi connectivity index (χ2n) is 18.4. The molecule has 0 amide bonds. The standard InChI is InChI=1S/C53H52N2O/c1-51(2,3)37-19-23-41(24-20-37)54(39-15-11-9-12-16-39)43-27-28-46-45(34-43)49-47(56-46)33-36-32-44(31-35-29-30-53(7,8)50(49)48(35)36)55(40-17-13-10-14-18-40)42-25-21-38(22-26-42)52(4,5)6/h9-28,31-34H,29-30H2,1-8H3. The fraction of sp³-hybridized carbons (Fsp3) is 0.245. The number of aryl methyl sites for hydroxylation is 1. The Hall–Kier alpha value is -5.80. The molecule has 0 bridgehead atoms. The molecule has 3 heteroatoms. The first-order chi connectivity index (χ1) is 26.8. The van der Waals surface area contributed by atoms with Crippen LogP contribution in [0.5, 0.6) is 0 Å². The van der Waals surface area contributed by atoms with Crippen LogP contribution in [-0.4, -0.2) is 0 Å². The molecule has 280 valence electrons. The fourth-order valence-electron chi connectivity index (χ4n) is 8.84. The highest BCUT2D eigenvalue weighted by Gasteiger charge is 2.33. The average Bonchev–Trinajstić information content (AvgIpc) is 3.54. The molecule has 0 spiro atoms. The van der Waals surface area contributed by atoms with Gasteiger partial charge < -0.3 is 14.2 Å². The summed E-state index contributed by atoms with van der Waals surface area (Å²) in [6, 6.07) is 53.5. The Labute approximate surface area is 332 Å². The number of hydrogen-bond donors (Lipinski definition) is 0. The molecule has 0 saturated heterocycles. The third kappa shape index (κ3) is 6.24. The maximum Gasteiger partial charge on any atom is 0.136 e. The van der Waals surface area contributed by atoms with Crippen LogP contribution in [0.25, 0.3) is 32.7 Å². The van der Waals surface area contributed by atoms with Gasteiger partial charge in [0.05, 0.1) is 0 Å². The lowest BCUT2D eigenvalue weighted by molar-refractivity contribution is 0.478. The molecule has 1 aliphatic carbocycles. The molecule has 0 fully saturated rings. The van der Waals surface area contributed by atoms with Crippen molar-refractivity contribution < 1.29 is 4.42 Å². The van der Waals surface area contributed by atoms with Gasteiger partial charge in [-0.3, -0.25) is 0 Å². The second kappa shape index (κ2) is 13.2. The summed E-state index contributed by atoms with van der Waals surface area (Å²) in [7, 11) is 0. The zero-order valence-corrected chi connectivity index (χ0v) is 34.1. The summed E-state index contributed by atoms with van der Waals surface area (Å²) in [6.45, 7) is 18.5. The van der Waals surface area contributed by atoms with Gasteiger partial charge in [0.15, 0.2) is 0 Å². The lowest BCUT2D eigenvalue weighted by Crippen LogP contribution is -2.23. The predicted molar refractivity (Wildman–Crippen MR) is 239 cm³/mol. The smallest absolute Gasteiger partial charge is 0.136 e. The Bertz CT molecular complexity index is 2710. The van der Waals surface area contributed by atoms with Crippen molar-refractivity contribution in [2.75, 3.05) is 9.80 Å². The van der Waals surface area contributed by atoms with Gasteiger partial charge in [-0.1, -0.05) is 116 Å². The molecule has 7 aromatic carbocycles. The minimum Gasteiger partial charge on any atom is -0.456 e. The van der Waals surface area contributed by atoms with Gasteiger partial charge in [-0.2, -0.15) is 0 Å². The second-order valence-corrected chi connectivity index (χ2v) is 18.4. The topological polar surface area (TPSA) is 19.6 Å². The van der Waals surface area contributed by atoms with Crippen molar-refractivity contribution in [3.8, 4) is 0 Å². The van der Waals surface area contributed by atoms with Gasteiger partial charge >= 0.3 is 0 Å². The van der Waals surface area contributed by atoms with Gasteiger partial charge in [-0.25, -0.2) is 0 Å². The van der Waals surface area contributed by atoms with E-state index in [2.05, 4.69) is 211 Å². The van der Waals surface area contributed by atoms with E-state index in [-0.39, 0.29) is 16.2 Å². The first kappa shape index (κ1) is 35.9. The molecule has 0 saturated carbocycles. The molecule has 1 aromatic heterocycles. The van der Waals surface area contributed by atoms with Crippen LogP contribution < -0.4 is 9.80 Å². The third-order valence-electron chi connectivity index (χ3n) is 11.9. The quantitative estimate of drug-likeness (QED) is 0.170. The molecule has 1 aliphatic rings. The molecular weight excluding hydrogens is 681 g/mol. The van der Waals surface area contributed by atoms with Crippen LogP contribution in [0.15, 0.2) is 150 Å². The van der Waals surface area contributed by atoms with Crippen LogP contribution in [0.4, 0.5) is 34.1 Å². The van der Waals surface area contributed by atoms with E-state index in [4.69, 9.17) is 4.42 Å². The highest BCUT2D eigenvalue weighted by molar-refractivity contribution is 6.16. The van der Waals surface area contributed by atoms with Crippen molar-refractivity contribution in [2.24, 2.45) is 0 Å². The number of hydrogen-bond acceptors (Lipinski definition) is 3. The fourth-order valence-corrected chi connectivity index (χ4v) is 8.84. The molecule has 56 heavy (non-hydrogen) atoms. The van der Waals surface area contributed by atoms with E-state index >= 15 is 0 Å². The minimum atomic E-state index is -0.0388. The number of nitrogens with zero attached hydrogens (tertiary/aromatic N) is 2. The van der Waals surface area contributed by atoms with E-state index in [1.165, 1.54) is 44.1 Å². The Morgan fingerprint density at radius 1 is 0.482 bits per heavy atom. The zero-order chi connectivity index (χ0) is 39.0. The lowest BCUT2D eigenvalue weighted by atomic mass is 9.70. The molecular formula is C53H52N2O. The van der Waals surface area contributed by atoms with Gasteiger partial charge in [-0.15, -0.1) is 0 Å². The predicted octanol–water partition coefficient (Wildman–Crippen LogP) is 15.5. The Balaban J connectivity index is 1.24. The average molecular weight is 733 g/mol. The monoisotopic (exact) mass is 732 g/mol. The number of anilines is 6. The largest absolute Gasteiger partial charge is 0.456 e. The molecule has 0 radical (unpaired) electrons. The molecule has 9 rings (SSSR count). The summed E-state index contributed by atoms with van der Waals surface area (Å²) in [5.41, 5.74) is 14.3. The third-order valence-corrected chi connectivity index (χ3v) is 11.9. The summed E-state index contributed by atoms with van der Waals surface area (Å²) < 4.78 is 6.84. The van der Waals surface area contributed by atoms with Crippen LogP contribution in [0.3, 0.4) is 0 Å². The zero-order valence-electron chi connectivity index (χ0n) is 34.1. The molecule has 1 heterocycles. The van der Waals surface area contributed by atoms with E-state index in [1.54, 1.807) is 0 Å². The number of rotatable bonds is 6. The normalized spacial score (nSPS) is 14.1. The van der Waals surface area contributed by atoms with Crippen LogP contribution in [0.2, 0.25) is 0 Å². The summed E-state index contributed by atoms with van der Waals surface area (Å²) in [5, 5.41) is 5.00. The molecule has 8 aromatic rings. The van der Waals surface area contributed by atoms with E-state index in [9.17, 15) is 0 Å². The van der Waals surface area contributed by atoms with Crippen molar-refractivity contribution in [2.45, 2.75) is 84.5 Å². The Morgan fingerprint density at radius 2 is 0.982 bits per heavy atom. The van der Waals surface area contributed by atoms with Gasteiger partial charge in [0.1, 0.15) is 11.2 Å². The van der Waals surface area contributed by atoms with Gasteiger partial charge in [0.25, 0.3) is 0 Å². The first-order valence-electron chi connectivity index (χ1n) is 20.1. The van der Waals surface area contributed by atoms with E-state index < -0.39 is 0 Å². The van der Waals surface area contributed by atoms with E-state index in [1.807, 2.05) is 0 Å². The molecule has 0 N–H and O–H groups in total. The molecule has 0 aliphatic heterocycles. The van der Waals surface area contributed by atoms with Crippen molar-refractivity contribution in [3.05, 3.63) is 168 Å². The number of benzene rings is 7. The molecule has 0 unspecified atom stereocenters. The summed E-state index contributed by atoms with van der Waals surface area (Å²) >= 11 is 0. The van der Waals surface area contributed by atoms with Crippen LogP contribution >= 0.6 is 0 Å². The van der Waals surface area contributed by atoms with Crippen molar-refractivity contribution in [1.82, 2.24) is 0 Å². The number of para-hydroxylation sites is 2. The SMILES string of the molecule is CC(C)(C)c1ccc(N(c2ccccc2)c2cc3c4c(c5c(cc4c2)oc2ccc(N(c4ccccc4)c4ccc(C(C)(C)C)cc4)cc25)C(C)(C)CC3)cc1. The first-order valence-corrected chi connectivity index (χ1v) is 20.1. The summed E-state index contributed by atoms with van der Waals surface area (Å²) in [6.07, 6.45) is 2.08. The van der Waals surface area contributed by atoms with Crippen LogP contribution in [0, 0.1) is 0 Å². The maximum absolute atomic E-state index is 6.84. The van der Waals surface area contributed by atoms with E-state index in [0.717, 1.165) is 57.8 Å². The Kier molecular flexibility index (Phi) is 8.43. The molecule has 0 atom stereocenters. The number of fused-ring (bicyclic) bond motifs is 4.